The number of carbonyl (C=O) groups is 1. The van der Waals surface area contributed by atoms with Crippen molar-refractivity contribution in [1.82, 2.24) is 15.1 Å². The molecule has 0 radical (unpaired) electrons. The van der Waals surface area contributed by atoms with Gasteiger partial charge in [-0.2, -0.15) is 0 Å². The Hall–Kier alpha value is -1.07. The number of rotatable bonds is 4. The van der Waals surface area contributed by atoms with Crippen LogP contribution in [0.4, 0.5) is 5.69 Å². The zero-order valence-electron chi connectivity index (χ0n) is 9.00. The number of amides is 1. The summed E-state index contributed by atoms with van der Waals surface area (Å²) >= 11 is 11.4. The summed E-state index contributed by atoms with van der Waals surface area (Å²) in [6.45, 7) is 0.471. The van der Waals surface area contributed by atoms with Crippen molar-refractivity contribution in [2.24, 2.45) is 0 Å². The molecule has 1 amide bonds. The number of nitrogens with zero attached hydrogens (tertiary/aromatic N) is 3. The quantitative estimate of drug-likeness (QED) is 0.897. The molecule has 1 rings (SSSR count). The predicted molar refractivity (Wildman–Crippen MR) is 63.9 cm³/mol. The van der Waals surface area contributed by atoms with Gasteiger partial charge in [-0.3, -0.25) is 4.79 Å². The molecule has 1 aromatic heterocycles. The summed E-state index contributed by atoms with van der Waals surface area (Å²) in [6, 6.07) is 1.57. The Balaban J connectivity index is 2.49. The first-order valence-electron chi connectivity index (χ1n) is 4.63. The largest absolute Gasteiger partial charge is 0.382 e. The van der Waals surface area contributed by atoms with Crippen LogP contribution in [0.25, 0.3) is 0 Å². The van der Waals surface area contributed by atoms with E-state index in [4.69, 9.17) is 23.2 Å². The normalized spacial score (nSPS) is 10.0. The maximum absolute atomic E-state index is 11.3. The van der Waals surface area contributed by atoms with E-state index in [1.54, 1.807) is 20.2 Å². The molecular formula is C9H12Cl2N4O. The van der Waals surface area contributed by atoms with Crippen LogP contribution >= 0.6 is 23.2 Å². The Morgan fingerprint density at radius 3 is 2.75 bits per heavy atom. The van der Waals surface area contributed by atoms with Crippen LogP contribution in [0.1, 0.15) is 6.42 Å². The number of nitrogens with one attached hydrogen (secondary N) is 1. The van der Waals surface area contributed by atoms with Gasteiger partial charge in [-0.25, -0.2) is 0 Å². The molecule has 0 aromatic carbocycles. The molecule has 0 aliphatic carbocycles. The van der Waals surface area contributed by atoms with Gasteiger partial charge in [0.05, 0.1) is 5.69 Å². The van der Waals surface area contributed by atoms with Crippen LogP contribution in [0.5, 0.6) is 0 Å². The Kier molecular flexibility index (Phi) is 4.76. The Labute approximate surface area is 104 Å². The van der Waals surface area contributed by atoms with Crippen molar-refractivity contribution < 1.29 is 4.79 Å². The molecule has 0 fully saturated rings. The van der Waals surface area contributed by atoms with Crippen LogP contribution in [0.15, 0.2) is 6.07 Å². The SMILES string of the molecule is CN(C)C(=O)CCNc1cc(Cl)nnc1Cl. The highest BCUT2D eigenvalue weighted by molar-refractivity contribution is 6.33. The minimum Gasteiger partial charge on any atom is -0.382 e. The van der Waals surface area contributed by atoms with E-state index in [9.17, 15) is 4.79 Å². The fourth-order valence-corrected chi connectivity index (χ4v) is 1.31. The lowest BCUT2D eigenvalue weighted by Crippen LogP contribution is -2.24. The molecule has 0 bridgehead atoms. The third-order valence-corrected chi connectivity index (χ3v) is 2.34. The number of aromatic nitrogens is 2. The number of halogens is 2. The summed E-state index contributed by atoms with van der Waals surface area (Å²) in [5.74, 6) is 0.0386. The van der Waals surface area contributed by atoms with Crippen molar-refractivity contribution in [3.05, 3.63) is 16.4 Å². The smallest absolute Gasteiger partial charge is 0.223 e. The first-order chi connectivity index (χ1) is 7.50. The predicted octanol–water partition coefficient (Wildman–Crippen LogP) is 1.67. The highest BCUT2D eigenvalue weighted by Crippen LogP contribution is 2.20. The zero-order chi connectivity index (χ0) is 12.1. The standard InChI is InChI=1S/C9H12Cl2N4O/c1-15(2)8(16)3-4-12-6-5-7(10)13-14-9(6)11/h5H,3-4H2,1-2H3,(H,12,13). The van der Waals surface area contributed by atoms with Gasteiger partial charge in [0.25, 0.3) is 0 Å². The topological polar surface area (TPSA) is 58.1 Å². The van der Waals surface area contributed by atoms with Crippen molar-refractivity contribution in [2.75, 3.05) is 26.0 Å². The van der Waals surface area contributed by atoms with Gasteiger partial charge < -0.3 is 10.2 Å². The molecule has 0 spiro atoms. The van der Waals surface area contributed by atoms with Gasteiger partial charge in [0.2, 0.25) is 5.91 Å². The molecule has 0 atom stereocenters. The van der Waals surface area contributed by atoms with Gasteiger partial charge in [0.15, 0.2) is 10.3 Å². The molecule has 0 aliphatic rings. The van der Waals surface area contributed by atoms with Crippen LogP contribution in [0.2, 0.25) is 10.3 Å². The molecule has 0 unspecified atom stereocenters. The Morgan fingerprint density at radius 2 is 2.12 bits per heavy atom. The maximum Gasteiger partial charge on any atom is 0.223 e. The lowest BCUT2D eigenvalue weighted by Gasteiger charge is -2.11. The van der Waals surface area contributed by atoms with Crippen molar-refractivity contribution in [1.29, 1.82) is 0 Å². The second-order valence-corrected chi connectivity index (χ2v) is 4.08. The third kappa shape index (κ3) is 3.83. The van der Waals surface area contributed by atoms with Crippen molar-refractivity contribution in [3.8, 4) is 0 Å². The number of anilines is 1. The number of hydrogen-bond acceptors (Lipinski definition) is 4. The van der Waals surface area contributed by atoms with Crippen LogP contribution < -0.4 is 5.32 Å². The molecule has 88 valence electrons. The minimum absolute atomic E-state index is 0.0386. The summed E-state index contributed by atoms with van der Waals surface area (Å²) in [6.07, 6.45) is 0.378. The van der Waals surface area contributed by atoms with E-state index in [1.165, 1.54) is 4.90 Å². The average Bonchev–Trinajstić information content (AvgIpc) is 2.22. The van der Waals surface area contributed by atoms with E-state index < -0.39 is 0 Å². The second kappa shape index (κ2) is 5.86. The van der Waals surface area contributed by atoms with Crippen LogP contribution in [0, 0.1) is 0 Å². The average molecular weight is 263 g/mol. The van der Waals surface area contributed by atoms with Gasteiger partial charge in [-0.1, -0.05) is 23.2 Å². The van der Waals surface area contributed by atoms with Crippen molar-refractivity contribution >= 4 is 34.8 Å². The highest BCUT2D eigenvalue weighted by Gasteiger charge is 2.06. The molecule has 0 saturated carbocycles. The van der Waals surface area contributed by atoms with E-state index in [1.807, 2.05) is 0 Å². The lowest BCUT2D eigenvalue weighted by molar-refractivity contribution is -0.128. The summed E-state index contributed by atoms with van der Waals surface area (Å²) in [5.41, 5.74) is 0.577. The summed E-state index contributed by atoms with van der Waals surface area (Å²) in [7, 11) is 3.42. The van der Waals surface area contributed by atoms with Gasteiger partial charge >= 0.3 is 0 Å². The second-order valence-electron chi connectivity index (χ2n) is 3.34. The molecule has 1 heterocycles. The first-order valence-corrected chi connectivity index (χ1v) is 5.39. The van der Waals surface area contributed by atoms with Gasteiger partial charge in [-0.15, -0.1) is 10.2 Å². The third-order valence-electron chi connectivity index (χ3n) is 1.87. The van der Waals surface area contributed by atoms with Gasteiger partial charge in [0.1, 0.15) is 0 Å². The Bertz CT molecular complexity index is 384. The maximum atomic E-state index is 11.3. The van der Waals surface area contributed by atoms with Gasteiger partial charge in [0, 0.05) is 33.1 Å². The summed E-state index contributed by atoms with van der Waals surface area (Å²) < 4.78 is 0. The lowest BCUT2D eigenvalue weighted by atomic mass is 10.3. The monoisotopic (exact) mass is 262 g/mol. The molecular weight excluding hydrogens is 251 g/mol. The molecule has 7 heteroatoms. The zero-order valence-corrected chi connectivity index (χ0v) is 10.5. The summed E-state index contributed by atoms with van der Waals surface area (Å²) in [4.78, 5) is 12.8. The summed E-state index contributed by atoms with van der Waals surface area (Å²) in [5, 5.41) is 10.7. The molecule has 0 aliphatic heterocycles. The van der Waals surface area contributed by atoms with E-state index in [-0.39, 0.29) is 16.2 Å². The van der Waals surface area contributed by atoms with Crippen molar-refractivity contribution in [3.63, 3.8) is 0 Å². The molecule has 1 aromatic rings. The minimum atomic E-state index is 0.0386. The Morgan fingerprint density at radius 1 is 1.44 bits per heavy atom. The number of carbonyl (C=O) groups excluding carboxylic acids is 1. The first kappa shape index (κ1) is 13.0. The van der Waals surface area contributed by atoms with Crippen molar-refractivity contribution in [2.45, 2.75) is 6.42 Å². The fraction of sp³-hybridized carbons (Fsp3) is 0.444. The van der Waals surface area contributed by atoms with E-state index in [0.717, 1.165) is 0 Å². The molecule has 16 heavy (non-hydrogen) atoms. The van der Waals surface area contributed by atoms with Crippen LogP contribution in [-0.2, 0) is 4.79 Å². The fourth-order valence-electron chi connectivity index (χ4n) is 1.00. The van der Waals surface area contributed by atoms with Crippen LogP contribution in [0.3, 0.4) is 0 Å². The molecule has 1 N–H and O–H groups in total. The van der Waals surface area contributed by atoms with E-state index in [0.29, 0.717) is 18.7 Å². The van der Waals surface area contributed by atoms with E-state index in [2.05, 4.69) is 15.5 Å². The van der Waals surface area contributed by atoms with E-state index >= 15 is 0 Å². The highest BCUT2D eigenvalue weighted by atomic mass is 35.5. The van der Waals surface area contributed by atoms with Crippen LogP contribution in [-0.4, -0.2) is 41.6 Å². The molecule has 5 nitrogen and oxygen atoms in total. The molecule has 0 saturated heterocycles. The van der Waals surface area contributed by atoms with Gasteiger partial charge in [-0.05, 0) is 0 Å². The number of hydrogen-bond donors (Lipinski definition) is 1.